The molecule has 0 spiro atoms. The van der Waals surface area contributed by atoms with E-state index in [1.165, 1.54) is 12.1 Å². The molecule has 0 amide bonds. The van der Waals surface area contributed by atoms with Crippen molar-refractivity contribution in [2.75, 3.05) is 6.61 Å². The van der Waals surface area contributed by atoms with Gasteiger partial charge in [0.1, 0.15) is 17.7 Å². The maximum atomic E-state index is 13.5. The molecule has 0 aliphatic heterocycles. The first-order valence-electron chi connectivity index (χ1n) is 8.63. The molecule has 3 rings (SSSR count). The van der Waals surface area contributed by atoms with Gasteiger partial charge in [0.25, 0.3) is 0 Å². The number of aromatic nitrogens is 1. The summed E-state index contributed by atoms with van der Waals surface area (Å²) >= 11 is 6.14. The van der Waals surface area contributed by atoms with E-state index in [9.17, 15) is 9.18 Å². The summed E-state index contributed by atoms with van der Waals surface area (Å²) in [6.45, 7) is 3.78. The zero-order chi connectivity index (χ0) is 19.4. The molecule has 0 N–H and O–H groups in total. The Morgan fingerprint density at radius 3 is 2.85 bits per heavy atom. The maximum absolute atomic E-state index is 13.5. The van der Waals surface area contributed by atoms with Gasteiger partial charge in [0.05, 0.1) is 12.3 Å². The Balaban J connectivity index is 1.87. The monoisotopic (exact) mass is 387 g/mol. The van der Waals surface area contributed by atoms with E-state index in [-0.39, 0.29) is 18.2 Å². The van der Waals surface area contributed by atoms with Crippen LogP contribution in [0.15, 0.2) is 60.4 Å². The Hall–Kier alpha value is -2.66. The van der Waals surface area contributed by atoms with E-state index >= 15 is 0 Å². The van der Waals surface area contributed by atoms with Crippen molar-refractivity contribution in [3.63, 3.8) is 0 Å². The predicted molar refractivity (Wildman–Crippen MR) is 103 cm³/mol. The van der Waals surface area contributed by atoms with Crippen LogP contribution in [0.4, 0.5) is 4.39 Å². The molecule has 2 unspecified atom stereocenters. The van der Waals surface area contributed by atoms with Gasteiger partial charge in [-0.1, -0.05) is 30.7 Å². The molecule has 1 aliphatic carbocycles. The van der Waals surface area contributed by atoms with Crippen LogP contribution in [-0.4, -0.2) is 23.7 Å². The highest BCUT2D eigenvalue weighted by atomic mass is 35.5. The number of benzene rings is 1. The van der Waals surface area contributed by atoms with Crippen LogP contribution in [0.1, 0.15) is 24.3 Å². The van der Waals surface area contributed by atoms with Crippen molar-refractivity contribution < 1.29 is 18.7 Å². The van der Waals surface area contributed by atoms with Crippen molar-refractivity contribution >= 4 is 17.6 Å². The standard InChI is InChI=1S/C21H19ClFNO3/c1-3-26-21(25)20-12-15(22)11-19(24-20)14-5-4-6-16(10-14)27-17-7-8-18(23)13(2)9-17/h4-13,18H,3H2,1-2H3. The lowest BCUT2D eigenvalue weighted by Crippen LogP contribution is -2.13. The van der Waals surface area contributed by atoms with Crippen molar-refractivity contribution in [2.24, 2.45) is 5.92 Å². The molecular formula is C21H19ClFNO3. The van der Waals surface area contributed by atoms with Crippen LogP contribution in [0.3, 0.4) is 0 Å². The fourth-order valence-electron chi connectivity index (χ4n) is 2.65. The summed E-state index contributed by atoms with van der Waals surface area (Å²) in [5.41, 5.74) is 1.41. The number of ether oxygens (including phenoxy) is 2. The number of carbonyl (C=O) groups excluding carboxylic acids is 1. The van der Waals surface area contributed by atoms with Gasteiger partial charge in [0.2, 0.25) is 0 Å². The quantitative estimate of drug-likeness (QED) is 0.646. The molecule has 0 bridgehead atoms. The zero-order valence-corrected chi connectivity index (χ0v) is 15.7. The average molecular weight is 388 g/mol. The first kappa shape index (κ1) is 19.1. The zero-order valence-electron chi connectivity index (χ0n) is 15.0. The van der Waals surface area contributed by atoms with Crippen LogP contribution >= 0.6 is 11.6 Å². The SMILES string of the molecule is CCOC(=O)c1cc(Cl)cc(-c2cccc(OC3=CC(C)C(F)C=C3)c2)n1. The van der Waals surface area contributed by atoms with E-state index < -0.39 is 12.1 Å². The fraction of sp³-hybridized carbons (Fsp3) is 0.238. The highest BCUT2D eigenvalue weighted by Gasteiger charge is 2.17. The summed E-state index contributed by atoms with van der Waals surface area (Å²) in [5.74, 6) is 0.392. The van der Waals surface area contributed by atoms with Crippen molar-refractivity contribution in [3.05, 3.63) is 71.1 Å². The van der Waals surface area contributed by atoms with Gasteiger partial charge in [0.15, 0.2) is 5.69 Å². The fourth-order valence-corrected chi connectivity index (χ4v) is 2.85. The molecule has 0 saturated carbocycles. The molecule has 2 atom stereocenters. The minimum atomic E-state index is -0.999. The Kier molecular flexibility index (Phi) is 5.91. The highest BCUT2D eigenvalue weighted by Crippen LogP contribution is 2.28. The first-order valence-corrected chi connectivity index (χ1v) is 9.01. The first-order chi connectivity index (χ1) is 13.0. The molecule has 1 heterocycles. The number of rotatable bonds is 5. The average Bonchev–Trinajstić information content (AvgIpc) is 2.65. The van der Waals surface area contributed by atoms with Gasteiger partial charge in [0, 0.05) is 16.5 Å². The van der Waals surface area contributed by atoms with Gasteiger partial charge in [-0.25, -0.2) is 14.2 Å². The summed E-state index contributed by atoms with van der Waals surface area (Å²) < 4.78 is 24.3. The molecule has 1 aromatic carbocycles. The maximum Gasteiger partial charge on any atom is 0.356 e. The molecule has 6 heteroatoms. The van der Waals surface area contributed by atoms with Crippen LogP contribution in [0, 0.1) is 5.92 Å². The Morgan fingerprint density at radius 1 is 1.30 bits per heavy atom. The molecule has 27 heavy (non-hydrogen) atoms. The summed E-state index contributed by atoms with van der Waals surface area (Å²) in [6.07, 6.45) is 3.84. The van der Waals surface area contributed by atoms with Gasteiger partial charge in [-0.3, -0.25) is 0 Å². The topological polar surface area (TPSA) is 48.4 Å². The third-order valence-electron chi connectivity index (χ3n) is 4.01. The van der Waals surface area contributed by atoms with Gasteiger partial charge in [-0.15, -0.1) is 0 Å². The van der Waals surface area contributed by atoms with Crippen molar-refractivity contribution in [1.29, 1.82) is 0 Å². The number of halogens is 2. The summed E-state index contributed by atoms with van der Waals surface area (Å²) in [7, 11) is 0. The van der Waals surface area contributed by atoms with E-state index in [1.807, 2.05) is 12.1 Å². The van der Waals surface area contributed by atoms with Gasteiger partial charge in [-0.05, 0) is 49.4 Å². The lowest BCUT2D eigenvalue weighted by Gasteiger charge is -2.17. The number of carbonyl (C=O) groups is 1. The van der Waals surface area contributed by atoms with Gasteiger partial charge in [-0.2, -0.15) is 0 Å². The van der Waals surface area contributed by atoms with E-state index in [2.05, 4.69) is 4.98 Å². The number of nitrogens with zero attached hydrogens (tertiary/aromatic N) is 1. The van der Waals surface area contributed by atoms with E-state index in [0.29, 0.717) is 22.2 Å². The van der Waals surface area contributed by atoms with E-state index in [0.717, 1.165) is 5.56 Å². The highest BCUT2D eigenvalue weighted by molar-refractivity contribution is 6.31. The lowest BCUT2D eigenvalue weighted by molar-refractivity contribution is 0.0519. The minimum Gasteiger partial charge on any atom is -0.461 e. The summed E-state index contributed by atoms with van der Waals surface area (Å²) in [6, 6.07) is 10.4. The summed E-state index contributed by atoms with van der Waals surface area (Å²) in [4.78, 5) is 16.3. The molecule has 1 aliphatic rings. The molecule has 0 saturated heterocycles. The number of alkyl halides is 1. The molecule has 140 valence electrons. The number of hydrogen-bond donors (Lipinski definition) is 0. The van der Waals surface area contributed by atoms with Crippen LogP contribution < -0.4 is 4.74 Å². The predicted octanol–water partition coefficient (Wildman–Crippen LogP) is 5.39. The van der Waals surface area contributed by atoms with Crippen LogP contribution in [-0.2, 0) is 4.74 Å². The number of hydrogen-bond acceptors (Lipinski definition) is 4. The Labute approximate surface area is 162 Å². The van der Waals surface area contributed by atoms with Crippen molar-refractivity contribution in [1.82, 2.24) is 4.98 Å². The Morgan fingerprint density at radius 2 is 2.11 bits per heavy atom. The molecule has 1 aromatic heterocycles. The third-order valence-corrected chi connectivity index (χ3v) is 4.23. The number of esters is 1. The van der Waals surface area contributed by atoms with Gasteiger partial charge < -0.3 is 9.47 Å². The largest absolute Gasteiger partial charge is 0.461 e. The van der Waals surface area contributed by atoms with Crippen LogP contribution in [0.2, 0.25) is 5.02 Å². The normalized spacial score (nSPS) is 18.7. The Bertz CT molecular complexity index is 910. The molecule has 0 fully saturated rings. The van der Waals surface area contributed by atoms with Crippen molar-refractivity contribution in [3.8, 4) is 17.0 Å². The number of allylic oxidation sites excluding steroid dienone is 3. The summed E-state index contributed by atoms with van der Waals surface area (Å²) in [5, 5.41) is 0.384. The van der Waals surface area contributed by atoms with Gasteiger partial charge >= 0.3 is 5.97 Å². The third kappa shape index (κ3) is 4.74. The second-order valence-electron chi connectivity index (χ2n) is 6.14. The molecular weight excluding hydrogens is 369 g/mol. The van der Waals surface area contributed by atoms with Crippen LogP contribution in [0.25, 0.3) is 11.3 Å². The van der Waals surface area contributed by atoms with Crippen molar-refractivity contribution in [2.45, 2.75) is 20.0 Å². The molecule has 0 radical (unpaired) electrons. The lowest BCUT2D eigenvalue weighted by atomic mass is 10.0. The van der Waals surface area contributed by atoms with E-state index in [4.69, 9.17) is 21.1 Å². The molecule has 2 aromatic rings. The second-order valence-corrected chi connectivity index (χ2v) is 6.57. The van der Waals surface area contributed by atoms with Crippen LogP contribution in [0.5, 0.6) is 5.75 Å². The number of pyridine rings is 1. The smallest absolute Gasteiger partial charge is 0.356 e. The minimum absolute atomic E-state index is 0.145. The second kappa shape index (κ2) is 8.35. The van der Waals surface area contributed by atoms with E-state index in [1.54, 1.807) is 44.2 Å². The molecule has 4 nitrogen and oxygen atoms in total.